The third-order valence-corrected chi connectivity index (χ3v) is 7.21. The van der Waals surface area contributed by atoms with Gasteiger partial charge in [-0.3, -0.25) is 9.59 Å². The SMILES string of the molecule is CC(C)N(C)S(=O)(=O)c1ccc(CNC(=O)COc2ccc3c(c2)CCC(=O)N3)cc1. The molecule has 1 heterocycles. The van der Waals surface area contributed by atoms with Crippen LogP contribution < -0.4 is 15.4 Å². The minimum atomic E-state index is -3.53. The highest BCUT2D eigenvalue weighted by molar-refractivity contribution is 7.89. The Bertz CT molecular complexity index is 1070. The highest BCUT2D eigenvalue weighted by Gasteiger charge is 2.22. The van der Waals surface area contributed by atoms with E-state index in [4.69, 9.17) is 4.74 Å². The van der Waals surface area contributed by atoms with Crippen molar-refractivity contribution in [3.05, 3.63) is 53.6 Å². The van der Waals surface area contributed by atoms with E-state index in [1.165, 1.54) is 16.4 Å². The van der Waals surface area contributed by atoms with Gasteiger partial charge in [-0.2, -0.15) is 4.31 Å². The molecule has 0 aromatic heterocycles. The van der Waals surface area contributed by atoms with Crippen molar-refractivity contribution in [3.8, 4) is 5.75 Å². The molecule has 2 amide bonds. The van der Waals surface area contributed by atoms with Gasteiger partial charge in [-0.1, -0.05) is 12.1 Å². The number of benzene rings is 2. The van der Waals surface area contributed by atoms with Crippen molar-refractivity contribution < 1.29 is 22.7 Å². The maximum absolute atomic E-state index is 12.5. The molecule has 9 heteroatoms. The number of ether oxygens (including phenoxy) is 1. The molecule has 0 aliphatic carbocycles. The Morgan fingerprint density at radius 1 is 1.16 bits per heavy atom. The van der Waals surface area contributed by atoms with Crippen LogP contribution in [0, 0.1) is 0 Å². The molecule has 1 aliphatic heterocycles. The molecule has 2 N–H and O–H groups in total. The lowest BCUT2D eigenvalue weighted by Crippen LogP contribution is -2.33. The van der Waals surface area contributed by atoms with Gasteiger partial charge >= 0.3 is 0 Å². The number of sulfonamides is 1. The Hall–Kier alpha value is -2.91. The zero-order valence-electron chi connectivity index (χ0n) is 17.8. The number of aryl methyl sites for hydroxylation is 1. The second-order valence-electron chi connectivity index (χ2n) is 7.69. The Kier molecular flexibility index (Phi) is 6.97. The summed E-state index contributed by atoms with van der Waals surface area (Å²) in [6.45, 7) is 3.74. The summed E-state index contributed by atoms with van der Waals surface area (Å²) in [6.07, 6.45) is 1.08. The van der Waals surface area contributed by atoms with Crippen molar-refractivity contribution in [1.82, 2.24) is 9.62 Å². The highest BCUT2D eigenvalue weighted by Crippen LogP contribution is 2.26. The van der Waals surface area contributed by atoms with E-state index in [0.29, 0.717) is 18.6 Å². The summed E-state index contributed by atoms with van der Waals surface area (Å²) in [6, 6.07) is 11.6. The zero-order chi connectivity index (χ0) is 22.6. The van der Waals surface area contributed by atoms with Crippen LogP contribution in [0.4, 0.5) is 5.69 Å². The van der Waals surface area contributed by atoms with Crippen LogP contribution in [0.15, 0.2) is 47.4 Å². The number of nitrogens with zero attached hydrogens (tertiary/aromatic N) is 1. The maximum atomic E-state index is 12.5. The van der Waals surface area contributed by atoms with Gasteiger partial charge in [-0.25, -0.2) is 8.42 Å². The second kappa shape index (κ2) is 9.49. The molecule has 0 saturated carbocycles. The van der Waals surface area contributed by atoms with Crippen LogP contribution in [0.1, 0.15) is 31.4 Å². The highest BCUT2D eigenvalue weighted by atomic mass is 32.2. The molecule has 166 valence electrons. The first-order valence-electron chi connectivity index (χ1n) is 10.1. The van der Waals surface area contributed by atoms with Crippen molar-refractivity contribution in [1.29, 1.82) is 0 Å². The average Bonchev–Trinajstić information content (AvgIpc) is 2.75. The standard InChI is InChI=1S/C22H27N3O5S/c1-15(2)25(3)31(28,29)19-8-4-16(5-9-19)13-23-22(27)14-30-18-7-10-20-17(12-18)6-11-21(26)24-20/h4-5,7-10,12,15H,6,11,13-14H2,1-3H3,(H,23,27)(H,24,26). The minimum absolute atomic E-state index is 0.00174. The van der Waals surface area contributed by atoms with E-state index in [2.05, 4.69) is 10.6 Å². The predicted molar refractivity (Wildman–Crippen MR) is 117 cm³/mol. The van der Waals surface area contributed by atoms with E-state index in [1.807, 2.05) is 19.9 Å². The number of amides is 2. The molecule has 0 bridgehead atoms. The lowest BCUT2D eigenvalue weighted by molar-refractivity contribution is -0.123. The largest absolute Gasteiger partial charge is 0.484 e. The Morgan fingerprint density at radius 3 is 2.55 bits per heavy atom. The first kappa shape index (κ1) is 22.8. The molecule has 3 rings (SSSR count). The monoisotopic (exact) mass is 445 g/mol. The van der Waals surface area contributed by atoms with Crippen LogP contribution >= 0.6 is 0 Å². The van der Waals surface area contributed by atoms with E-state index in [1.54, 1.807) is 31.3 Å². The van der Waals surface area contributed by atoms with Gasteiger partial charge in [0, 0.05) is 31.7 Å². The van der Waals surface area contributed by atoms with Gasteiger partial charge in [0.25, 0.3) is 5.91 Å². The molecule has 0 fully saturated rings. The molecule has 8 nitrogen and oxygen atoms in total. The van der Waals surface area contributed by atoms with Crippen LogP contribution in [-0.2, 0) is 32.6 Å². The summed E-state index contributed by atoms with van der Waals surface area (Å²) in [5.74, 6) is 0.272. The number of nitrogens with one attached hydrogen (secondary N) is 2. The summed E-state index contributed by atoms with van der Waals surface area (Å²) >= 11 is 0. The predicted octanol–water partition coefficient (Wildman–Crippen LogP) is 2.30. The molecule has 0 unspecified atom stereocenters. The molecule has 1 aliphatic rings. The molecule has 31 heavy (non-hydrogen) atoms. The maximum Gasteiger partial charge on any atom is 0.258 e. The molecule has 0 spiro atoms. The van der Waals surface area contributed by atoms with Crippen molar-refractivity contribution in [2.24, 2.45) is 0 Å². The van der Waals surface area contributed by atoms with Crippen LogP contribution in [0.3, 0.4) is 0 Å². The quantitative estimate of drug-likeness (QED) is 0.649. The third kappa shape index (κ3) is 5.62. The van der Waals surface area contributed by atoms with Crippen molar-refractivity contribution in [2.45, 2.75) is 44.2 Å². The van der Waals surface area contributed by atoms with Crippen LogP contribution in [0.2, 0.25) is 0 Å². The smallest absolute Gasteiger partial charge is 0.258 e. The van der Waals surface area contributed by atoms with Gasteiger partial charge in [0.15, 0.2) is 6.61 Å². The number of carbonyl (C=O) groups excluding carboxylic acids is 2. The Labute approximate surface area is 182 Å². The number of anilines is 1. The van der Waals surface area contributed by atoms with Gasteiger partial charge < -0.3 is 15.4 Å². The van der Waals surface area contributed by atoms with Crippen LogP contribution in [-0.4, -0.2) is 44.2 Å². The van der Waals surface area contributed by atoms with E-state index < -0.39 is 10.0 Å². The Morgan fingerprint density at radius 2 is 1.87 bits per heavy atom. The summed E-state index contributed by atoms with van der Waals surface area (Å²) in [7, 11) is -1.98. The number of rotatable bonds is 8. The minimum Gasteiger partial charge on any atom is -0.484 e. The first-order valence-corrected chi connectivity index (χ1v) is 11.5. The van der Waals surface area contributed by atoms with E-state index in [-0.39, 0.29) is 35.9 Å². The fourth-order valence-corrected chi connectivity index (χ4v) is 4.44. The lowest BCUT2D eigenvalue weighted by Gasteiger charge is -2.21. The number of hydrogen-bond donors (Lipinski definition) is 2. The fourth-order valence-electron chi connectivity index (χ4n) is 3.07. The van der Waals surface area contributed by atoms with Gasteiger partial charge in [0.05, 0.1) is 4.90 Å². The van der Waals surface area contributed by atoms with Gasteiger partial charge in [0.1, 0.15) is 5.75 Å². The van der Waals surface area contributed by atoms with Gasteiger partial charge in [0.2, 0.25) is 15.9 Å². The molecule has 0 atom stereocenters. The van der Waals surface area contributed by atoms with Gasteiger partial charge in [-0.05, 0) is 61.7 Å². The Balaban J connectivity index is 1.50. The third-order valence-electron chi connectivity index (χ3n) is 5.16. The molecule has 0 saturated heterocycles. The number of carbonyl (C=O) groups is 2. The first-order chi connectivity index (χ1) is 14.7. The molecule has 0 radical (unpaired) electrons. The second-order valence-corrected chi connectivity index (χ2v) is 9.69. The molecular formula is C22H27N3O5S. The fraction of sp³-hybridized carbons (Fsp3) is 0.364. The lowest BCUT2D eigenvalue weighted by atomic mass is 10.0. The van der Waals surface area contributed by atoms with Crippen LogP contribution in [0.5, 0.6) is 5.75 Å². The number of hydrogen-bond acceptors (Lipinski definition) is 5. The topological polar surface area (TPSA) is 105 Å². The average molecular weight is 446 g/mol. The normalized spacial score (nSPS) is 13.6. The summed E-state index contributed by atoms with van der Waals surface area (Å²) in [5.41, 5.74) is 2.54. The van der Waals surface area contributed by atoms with Crippen molar-refractivity contribution in [2.75, 3.05) is 19.0 Å². The van der Waals surface area contributed by atoms with Crippen molar-refractivity contribution >= 4 is 27.5 Å². The van der Waals surface area contributed by atoms with Crippen LogP contribution in [0.25, 0.3) is 0 Å². The van der Waals surface area contributed by atoms with E-state index in [0.717, 1.165) is 16.8 Å². The number of fused-ring (bicyclic) bond motifs is 1. The van der Waals surface area contributed by atoms with E-state index in [9.17, 15) is 18.0 Å². The van der Waals surface area contributed by atoms with E-state index >= 15 is 0 Å². The summed E-state index contributed by atoms with van der Waals surface area (Å²) in [4.78, 5) is 23.7. The molecular weight excluding hydrogens is 418 g/mol. The summed E-state index contributed by atoms with van der Waals surface area (Å²) in [5, 5.41) is 5.56. The van der Waals surface area contributed by atoms with Crippen molar-refractivity contribution in [3.63, 3.8) is 0 Å². The zero-order valence-corrected chi connectivity index (χ0v) is 18.7. The molecule has 2 aromatic carbocycles. The molecule has 2 aromatic rings. The summed E-state index contributed by atoms with van der Waals surface area (Å²) < 4.78 is 31.9. The van der Waals surface area contributed by atoms with Gasteiger partial charge in [-0.15, -0.1) is 0 Å².